The van der Waals surface area contributed by atoms with Gasteiger partial charge in [0.2, 0.25) is 0 Å². The Kier molecular flexibility index (Phi) is 5.96. The standard InChI is InChI=1S/C18H20N2O/c1-2-21-14-18-6-4-3-5-17(18)13-20-12-16-9-7-15(11-19)8-10-16/h3-10,20H,2,12-14H2,1H3. The van der Waals surface area contributed by atoms with E-state index >= 15 is 0 Å². The highest BCUT2D eigenvalue weighted by Crippen LogP contribution is 2.10. The molecule has 0 amide bonds. The van der Waals surface area contributed by atoms with Gasteiger partial charge in [0.1, 0.15) is 0 Å². The van der Waals surface area contributed by atoms with E-state index in [1.807, 2.05) is 43.3 Å². The quantitative estimate of drug-likeness (QED) is 0.845. The molecule has 0 aliphatic rings. The van der Waals surface area contributed by atoms with Gasteiger partial charge in [-0.05, 0) is 35.7 Å². The first-order chi connectivity index (χ1) is 10.3. The Morgan fingerprint density at radius 1 is 1.00 bits per heavy atom. The Labute approximate surface area is 126 Å². The molecule has 0 fully saturated rings. The smallest absolute Gasteiger partial charge is 0.0991 e. The van der Waals surface area contributed by atoms with Crippen molar-refractivity contribution in [3.05, 3.63) is 70.8 Å². The average Bonchev–Trinajstić information content (AvgIpc) is 2.54. The maximum atomic E-state index is 8.78. The van der Waals surface area contributed by atoms with Crippen molar-refractivity contribution in [1.29, 1.82) is 5.26 Å². The predicted molar refractivity (Wildman–Crippen MR) is 83.5 cm³/mol. The van der Waals surface area contributed by atoms with Gasteiger partial charge in [-0.15, -0.1) is 0 Å². The van der Waals surface area contributed by atoms with Crippen molar-refractivity contribution in [2.24, 2.45) is 0 Å². The minimum atomic E-state index is 0.658. The van der Waals surface area contributed by atoms with E-state index in [4.69, 9.17) is 10.00 Å². The molecule has 0 bridgehead atoms. The van der Waals surface area contributed by atoms with Crippen molar-refractivity contribution >= 4 is 0 Å². The first kappa shape index (κ1) is 15.2. The lowest BCUT2D eigenvalue weighted by atomic mass is 10.1. The highest BCUT2D eigenvalue weighted by Gasteiger charge is 2.01. The van der Waals surface area contributed by atoms with Crippen molar-refractivity contribution in [3.8, 4) is 6.07 Å². The normalized spacial score (nSPS) is 10.3. The molecule has 3 heteroatoms. The maximum Gasteiger partial charge on any atom is 0.0991 e. The minimum absolute atomic E-state index is 0.658. The maximum absolute atomic E-state index is 8.78. The van der Waals surface area contributed by atoms with Crippen LogP contribution in [0.2, 0.25) is 0 Å². The zero-order valence-corrected chi connectivity index (χ0v) is 12.3. The van der Waals surface area contributed by atoms with Crippen molar-refractivity contribution < 1.29 is 4.74 Å². The highest BCUT2D eigenvalue weighted by molar-refractivity contribution is 5.31. The van der Waals surface area contributed by atoms with Gasteiger partial charge in [0.15, 0.2) is 0 Å². The van der Waals surface area contributed by atoms with Gasteiger partial charge in [0, 0.05) is 19.7 Å². The Morgan fingerprint density at radius 2 is 1.71 bits per heavy atom. The summed E-state index contributed by atoms with van der Waals surface area (Å²) in [7, 11) is 0. The molecule has 0 atom stereocenters. The summed E-state index contributed by atoms with van der Waals surface area (Å²) in [4.78, 5) is 0. The largest absolute Gasteiger partial charge is 0.377 e. The van der Waals surface area contributed by atoms with E-state index in [2.05, 4.69) is 23.5 Å². The molecule has 0 radical (unpaired) electrons. The van der Waals surface area contributed by atoms with Gasteiger partial charge in [0.25, 0.3) is 0 Å². The van der Waals surface area contributed by atoms with Crippen LogP contribution in [0.25, 0.3) is 0 Å². The summed E-state index contributed by atoms with van der Waals surface area (Å²) < 4.78 is 5.49. The fraction of sp³-hybridized carbons (Fsp3) is 0.278. The van der Waals surface area contributed by atoms with Crippen LogP contribution in [0, 0.1) is 11.3 Å². The lowest BCUT2D eigenvalue weighted by molar-refractivity contribution is 0.133. The summed E-state index contributed by atoms with van der Waals surface area (Å²) in [6, 6.07) is 18.1. The van der Waals surface area contributed by atoms with Crippen LogP contribution in [0.5, 0.6) is 0 Å². The van der Waals surface area contributed by atoms with E-state index in [1.165, 1.54) is 16.7 Å². The topological polar surface area (TPSA) is 45.0 Å². The van der Waals surface area contributed by atoms with E-state index in [0.717, 1.165) is 19.7 Å². The van der Waals surface area contributed by atoms with Gasteiger partial charge < -0.3 is 10.1 Å². The van der Waals surface area contributed by atoms with Gasteiger partial charge >= 0.3 is 0 Å². The molecule has 0 saturated carbocycles. The first-order valence-electron chi connectivity index (χ1n) is 7.17. The van der Waals surface area contributed by atoms with E-state index < -0.39 is 0 Å². The van der Waals surface area contributed by atoms with Crippen LogP contribution in [0.3, 0.4) is 0 Å². The van der Waals surface area contributed by atoms with Crippen molar-refractivity contribution in [3.63, 3.8) is 0 Å². The predicted octanol–water partition coefficient (Wildman–Crippen LogP) is 3.38. The summed E-state index contributed by atoms with van der Waals surface area (Å²) in [5.74, 6) is 0. The second-order valence-electron chi connectivity index (χ2n) is 4.82. The van der Waals surface area contributed by atoms with Gasteiger partial charge in [0.05, 0.1) is 18.2 Å². The molecule has 0 heterocycles. The van der Waals surface area contributed by atoms with Crippen LogP contribution >= 0.6 is 0 Å². The van der Waals surface area contributed by atoms with E-state index in [0.29, 0.717) is 12.2 Å². The summed E-state index contributed by atoms with van der Waals surface area (Å²) in [5, 5.41) is 12.2. The zero-order valence-electron chi connectivity index (χ0n) is 12.3. The van der Waals surface area contributed by atoms with Gasteiger partial charge in [-0.3, -0.25) is 0 Å². The molecular weight excluding hydrogens is 260 g/mol. The molecule has 0 saturated heterocycles. The number of hydrogen-bond acceptors (Lipinski definition) is 3. The molecule has 21 heavy (non-hydrogen) atoms. The summed E-state index contributed by atoms with van der Waals surface area (Å²) in [6.07, 6.45) is 0. The third kappa shape index (κ3) is 4.71. The molecule has 0 aliphatic carbocycles. The fourth-order valence-corrected chi connectivity index (χ4v) is 2.12. The first-order valence-corrected chi connectivity index (χ1v) is 7.17. The number of nitriles is 1. The lowest BCUT2D eigenvalue weighted by Gasteiger charge is -2.10. The zero-order chi connectivity index (χ0) is 14.9. The SMILES string of the molecule is CCOCc1ccccc1CNCc1ccc(C#N)cc1. The van der Waals surface area contributed by atoms with Crippen LogP contribution in [0.1, 0.15) is 29.2 Å². The van der Waals surface area contributed by atoms with E-state index in [-0.39, 0.29) is 0 Å². The van der Waals surface area contributed by atoms with Crippen LogP contribution in [-0.2, 0) is 24.4 Å². The second kappa shape index (κ2) is 8.21. The summed E-state index contributed by atoms with van der Waals surface area (Å²) >= 11 is 0. The van der Waals surface area contributed by atoms with Gasteiger partial charge in [-0.25, -0.2) is 0 Å². The third-order valence-corrected chi connectivity index (χ3v) is 3.31. The summed E-state index contributed by atoms with van der Waals surface area (Å²) in [5.41, 5.74) is 4.36. The number of nitrogens with zero attached hydrogens (tertiary/aromatic N) is 1. The second-order valence-corrected chi connectivity index (χ2v) is 4.82. The molecule has 2 aromatic rings. The number of nitrogens with one attached hydrogen (secondary N) is 1. The molecule has 0 unspecified atom stereocenters. The van der Waals surface area contributed by atoms with E-state index in [9.17, 15) is 0 Å². The Balaban J connectivity index is 1.89. The molecule has 0 spiro atoms. The van der Waals surface area contributed by atoms with Crippen LogP contribution in [-0.4, -0.2) is 6.61 Å². The van der Waals surface area contributed by atoms with Gasteiger partial charge in [-0.1, -0.05) is 36.4 Å². The van der Waals surface area contributed by atoms with Crippen LogP contribution < -0.4 is 5.32 Å². The monoisotopic (exact) mass is 280 g/mol. The average molecular weight is 280 g/mol. The molecule has 1 N–H and O–H groups in total. The molecule has 3 nitrogen and oxygen atoms in total. The number of benzene rings is 2. The summed E-state index contributed by atoms with van der Waals surface area (Å²) in [6.45, 7) is 4.99. The molecule has 0 aliphatic heterocycles. The van der Waals surface area contributed by atoms with Gasteiger partial charge in [-0.2, -0.15) is 5.26 Å². The van der Waals surface area contributed by atoms with Crippen LogP contribution in [0.4, 0.5) is 0 Å². The molecule has 2 aromatic carbocycles. The number of hydrogen-bond donors (Lipinski definition) is 1. The minimum Gasteiger partial charge on any atom is -0.377 e. The highest BCUT2D eigenvalue weighted by atomic mass is 16.5. The van der Waals surface area contributed by atoms with Crippen molar-refractivity contribution in [2.75, 3.05) is 6.61 Å². The molecular formula is C18H20N2O. The Morgan fingerprint density at radius 3 is 2.38 bits per heavy atom. The number of ether oxygens (including phenoxy) is 1. The molecule has 2 rings (SSSR count). The molecule has 108 valence electrons. The van der Waals surface area contributed by atoms with Crippen molar-refractivity contribution in [2.45, 2.75) is 26.6 Å². The molecule has 0 aromatic heterocycles. The van der Waals surface area contributed by atoms with Crippen LogP contribution in [0.15, 0.2) is 48.5 Å². The Bertz CT molecular complexity index is 599. The fourth-order valence-electron chi connectivity index (χ4n) is 2.12. The lowest BCUT2D eigenvalue weighted by Crippen LogP contribution is -2.14. The van der Waals surface area contributed by atoms with Crippen molar-refractivity contribution in [1.82, 2.24) is 5.32 Å². The van der Waals surface area contributed by atoms with E-state index in [1.54, 1.807) is 0 Å². The third-order valence-electron chi connectivity index (χ3n) is 3.31. The number of rotatable bonds is 7. The Hall–Kier alpha value is -2.15.